The fourth-order valence-electron chi connectivity index (χ4n) is 2.50. The van der Waals surface area contributed by atoms with Crippen LogP contribution >= 0.6 is 11.3 Å². The Hall–Kier alpha value is -0.980. The number of thiazole rings is 1. The molecule has 6 heteroatoms. The third-order valence-electron chi connectivity index (χ3n) is 3.66. The molecule has 0 atom stereocenters. The quantitative estimate of drug-likeness (QED) is 0.817. The summed E-state index contributed by atoms with van der Waals surface area (Å²) in [5.74, 6) is -0.221. The van der Waals surface area contributed by atoms with Gasteiger partial charge in [-0.1, -0.05) is 25.7 Å². The number of hydrogen-bond donors (Lipinski definition) is 2. The molecule has 1 aliphatic carbocycles. The first-order valence-corrected chi connectivity index (χ1v) is 7.95. The van der Waals surface area contributed by atoms with Gasteiger partial charge in [-0.3, -0.25) is 4.79 Å². The third-order valence-corrected chi connectivity index (χ3v) is 4.49. The molecule has 1 fully saturated rings. The number of nitrogens with one attached hydrogen (secondary N) is 1. The van der Waals surface area contributed by atoms with Crippen molar-refractivity contribution in [3.8, 4) is 0 Å². The van der Waals surface area contributed by atoms with Crippen molar-refractivity contribution in [2.45, 2.75) is 50.7 Å². The zero-order valence-electron chi connectivity index (χ0n) is 11.9. The average molecular weight is 298 g/mol. The van der Waals surface area contributed by atoms with Crippen molar-refractivity contribution < 1.29 is 14.6 Å². The van der Waals surface area contributed by atoms with Crippen LogP contribution in [0.3, 0.4) is 0 Å². The van der Waals surface area contributed by atoms with Crippen molar-refractivity contribution in [2.24, 2.45) is 0 Å². The molecule has 0 unspecified atom stereocenters. The molecule has 20 heavy (non-hydrogen) atoms. The van der Waals surface area contributed by atoms with E-state index >= 15 is 0 Å². The van der Waals surface area contributed by atoms with Gasteiger partial charge in [-0.2, -0.15) is 0 Å². The first-order chi connectivity index (χ1) is 9.63. The highest BCUT2D eigenvalue weighted by Gasteiger charge is 2.28. The van der Waals surface area contributed by atoms with Gasteiger partial charge >= 0.3 is 0 Å². The summed E-state index contributed by atoms with van der Waals surface area (Å²) >= 11 is 1.41. The van der Waals surface area contributed by atoms with Gasteiger partial charge in [0.1, 0.15) is 10.7 Å². The van der Waals surface area contributed by atoms with Crippen LogP contribution in [-0.2, 0) is 11.3 Å². The Morgan fingerprint density at radius 1 is 1.45 bits per heavy atom. The van der Waals surface area contributed by atoms with E-state index in [-0.39, 0.29) is 5.91 Å². The molecule has 2 N–H and O–H groups in total. The minimum Gasteiger partial charge on any atom is -0.388 e. The van der Waals surface area contributed by atoms with Crippen LogP contribution in [0.2, 0.25) is 0 Å². The number of hydrogen-bond acceptors (Lipinski definition) is 5. The van der Waals surface area contributed by atoms with Crippen molar-refractivity contribution in [3.05, 3.63) is 16.1 Å². The summed E-state index contributed by atoms with van der Waals surface area (Å²) < 4.78 is 4.98. The number of ether oxygens (including phenoxy) is 1. The fraction of sp³-hybridized carbons (Fsp3) is 0.714. The Kier molecular flexibility index (Phi) is 5.51. The molecule has 1 aliphatic rings. The van der Waals surface area contributed by atoms with Crippen molar-refractivity contribution in [1.82, 2.24) is 10.3 Å². The van der Waals surface area contributed by atoms with Crippen LogP contribution in [-0.4, -0.2) is 35.3 Å². The molecule has 0 aliphatic heterocycles. The number of amides is 1. The van der Waals surface area contributed by atoms with Crippen LogP contribution in [0.15, 0.2) is 5.38 Å². The number of aromatic nitrogens is 1. The van der Waals surface area contributed by atoms with Crippen molar-refractivity contribution in [2.75, 3.05) is 13.7 Å². The lowest BCUT2D eigenvalue weighted by molar-refractivity contribution is 0.0246. The van der Waals surface area contributed by atoms with Crippen molar-refractivity contribution in [3.63, 3.8) is 0 Å². The monoisotopic (exact) mass is 298 g/mol. The van der Waals surface area contributed by atoms with E-state index in [9.17, 15) is 9.90 Å². The van der Waals surface area contributed by atoms with E-state index in [2.05, 4.69) is 10.3 Å². The Morgan fingerprint density at radius 3 is 2.80 bits per heavy atom. The molecule has 0 saturated heterocycles. The van der Waals surface area contributed by atoms with Gasteiger partial charge in [-0.15, -0.1) is 11.3 Å². The summed E-state index contributed by atoms with van der Waals surface area (Å²) in [5, 5.41) is 15.8. The summed E-state index contributed by atoms with van der Waals surface area (Å²) in [5.41, 5.74) is -0.350. The lowest BCUT2D eigenvalue weighted by Gasteiger charge is -2.26. The standard InChI is InChI=1S/C14H22N2O3S/c1-19-8-12-16-11(9-20-12)13(17)15-10-14(18)6-4-2-3-5-7-14/h9,18H,2-8,10H2,1H3,(H,15,17). The fourth-order valence-corrected chi connectivity index (χ4v) is 3.25. The summed E-state index contributed by atoms with van der Waals surface area (Å²) in [4.78, 5) is 16.2. The molecular formula is C14H22N2O3S. The average Bonchev–Trinajstić information content (AvgIpc) is 2.79. The van der Waals surface area contributed by atoms with Gasteiger partial charge in [-0.05, 0) is 12.8 Å². The maximum Gasteiger partial charge on any atom is 0.270 e. The van der Waals surface area contributed by atoms with Gasteiger partial charge < -0.3 is 15.2 Å². The molecule has 0 bridgehead atoms. The van der Waals surface area contributed by atoms with Crippen molar-refractivity contribution in [1.29, 1.82) is 0 Å². The van der Waals surface area contributed by atoms with E-state index in [4.69, 9.17) is 4.74 Å². The number of aliphatic hydroxyl groups is 1. The Bertz CT molecular complexity index is 439. The Morgan fingerprint density at radius 2 is 2.15 bits per heavy atom. The molecule has 112 valence electrons. The summed E-state index contributed by atoms with van der Waals surface area (Å²) in [6.45, 7) is 0.727. The first kappa shape index (κ1) is 15.4. The highest BCUT2D eigenvalue weighted by atomic mass is 32.1. The molecular weight excluding hydrogens is 276 g/mol. The predicted octanol–water partition coefficient (Wildman–Crippen LogP) is 2.10. The van der Waals surface area contributed by atoms with Crippen LogP contribution in [0.4, 0.5) is 0 Å². The third kappa shape index (κ3) is 4.26. The zero-order valence-corrected chi connectivity index (χ0v) is 12.7. The van der Waals surface area contributed by atoms with E-state index in [0.29, 0.717) is 18.8 Å². The maximum absolute atomic E-state index is 12.0. The second-order valence-corrected chi connectivity index (χ2v) is 6.32. The smallest absolute Gasteiger partial charge is 0.270 e. The van der Waals surface area contributed by atoms with E-state index < -0.39 is 5.60 Å². The summed E-state index contributed by atoms with van der Waals surface area (Å²) in [6, 6.07) is 0. The molecule has 2 rings (SSSR count). The first-order valence-electron chi connectivity index (χ1n) is 7.07. The number of methoxy groups -OCH3 is 1. The topological polar surface area (TPSA) is 71.5 Å². The van der Waals surface area contributed by atoms with Gasteiger partial charge in [0.15, 0.2) is 0 Å². The molecule has 5 nitrogen and oxygen atoms in total. The summed E-state index contributed by atoms with van der Waals surface area (Å²) in [7, 11) is 1.60. The molecule has 1 amide bonds. The minimum atomic E-state index is -0.752. The highest BCUT2D eigenvalue weighted by molar-refractivity contribution is 7.09. The maximum atomic E-state index is 12.0. The second-order valence-electron chi connectivity index (χ2n) is 5.38. The lowest BCUT2D eigenvalue weighted by Crippen LogP contribution is -2.42. The van der Waals surface area contributed by atoms with Gasteiger partial charge in [0.2, 0.25) is 0 Å². The highest BCUT2D eigenvalue weighted by Crippen LogP contribution is 2.26. The lowest BCUT2D eigenvalue weighted by atomic mass is 9.94. The molecule has 1 aromatic rings. The van der Waals surface area contributed by atoms with Crippen LogP contribution < -0.4 is 5.32 Å². The van der Waals surface area contributed by atoms with Crippen LogP contribution in [0, 0.1) is 0 Å². The van der Waals surface area contributed by atoms with Gasteiger partial charge in [0.25, 0.3) is 5.91 Å². The van der Waals surface area contributed by atoms with E-state index in [1.54, 1.807) is 12.5 Å². The van der Waals surface area contributed by atoms with E-state index in [1.165, 1.54) is 24.2 Å². The van der Waals surface area contributed by atoms with Crippen LogP contribution in [0.25, 0.3) is 0 Å². The van der Waals surface area contributed by atoms with Gasteiger partial charge in [0.05, 0.1) is 12.2 Å². The van der Waals surface area contributed by atoms with Crippen LogP contribution in [0.1, 0.15) is 54.0 Å². The summed E-state index contributed by atoms with van der Waals surface area (Å²) in [6.07, 6.45) is 5.92. The van der Waals surface area contributed by atoms with Gasteiger partial charge in [0, 0.05) is 19.0 Å². The zero-order chi connectivity index (χ0) is 14.4. The van der Waals surface area contributed by atoms with Crippen molar-refractivity contribution >= 4 is 17.2 Å². The van der Waals surface area contributed by atoms with E-state index in [1.807, 2.05) is 0 Å². The number of carbonyl (C=O) groups is 1. The molecule has 1 heterocycles. The van der Waals surface area contributed by atoms with Crippen LogP contribution in [0.5, 0.6) is 0 Å². The molecule has 0 spiro atoms. The Labute approximate surface area is 123 Å². The number of rotatable bonds is 5. The van der Waals surface area contributed by atoms with Gasteiger partial charge in [-0.25, -0.2) is 4.98 Å². The predicted molar refractivity (Wildman–Crippen MR) is 77.8 cm³/mol. The largest absolute Gasteiger partial charge is 0.388 e. The minimum absolute atomic E-state index is 0.221. The molecule has 0 aromatic carbocycles. The Balaban J connectivity index is 1.87. The number of nitrogens with zero attached hydrogens (tertiary/aromatic N) is 1. The van der Waals surface area contributed by atoms with E-state index in [0.717, 1.165) is 30.7 Å². The molecule has 1 aromatic heterocycles. The molecule has 0 radical (unpaired) electrons. The normalized spacial score (nSPS) is 18.5. The number of carbonyl (C=O) groups excluding carboxylic acids is 1. The SMILES string of the molecule is COCc1nc(C(=O)NCC2(O)CCCCCC2)cs1. The second kappa shape index (κ2) is 7.15. The molecule has 1 saturated carbocycles.